The number of piperazine rings is 1. The summed E-state index contributed by atoms with van der Waals surface area (Å²) in [4.78, 5) is 17.0. The van der Waals surface area contributed by atoms with Crippen LogP contribution in [0.25, 0.3) is 0 Å². The van der Waals surface area contributed by atoms with Gasteiger partial charge in [0.1, 0.15) is 6.04 Å². The molecule has 2 heterocycles. The van der Waals surface area contributed by atoms with Gasteiger partial charge in [-0.3, -0.25) is 9.48 Å². The summed E-state index contributed by atoms with van der Waals surface area (Å²) in [7, 11) is 3.65. The van der Waals surface area contributed by atoms with Gasteiger partial charge in [-0.1, -0.05) is 23.7 Å². The Kier molecular flexibility index (Phi) is 5.06. The number of rotatable bonds is 4. The number of hydrogen-bond acceptors (Lipinski definition) is 4. The largest absolute Gasteiger partial charge is 0.367 e. The second-order valence-corrected chi connectivity index (χ2v) is 6.34. The van der Waals surface area contributed by atoms with Crippen molar-refractivity contribution in [3.63, 3.8) is 0 Å². The lowest BCUT2D eigenvalue weighted by Gasteiger charge is -2.37. The van der Waals surface area contributed by atoms with Crippen molar-refractivity contribution in [2.24, 2.45) is 7.05 Å². The van der Waals surface area contributed by atoms with Crippen molar-refractivity contribution in [3.05, 3.63) is 47.2 Å². The summed E-state index contributed by atoms with van der Waals surface area (Å²) in [6.07, 6.45) is 3.61. The number of para-hydroxylation sites is 1. The predicted molar refractivity (Wildman–Crippen MR) is 95.3 cm³/mol. The minimum absolute atomic E-state index is 0.0873. The van der Waals surface area contributed by atoms with Crippen molar-refractivity contribution in [2.75, 3.05) is 38.1 Å². The Balaban J connectivity index is 1.65. The lowest BCUT2D eigenvalue weighted by atomic mass is 10.1. The van der Waals surface area contributed by atoms with Gasteiger partial charge in [0.2, 0.25) is 5.91 Å². The maximum absolute atomic E-state index is 12.8. The third-order valence-electron chi connectivity index (χ3n) is 4.38. The van der Waals surface area contributed by atoms with Crippen LogP contribution in [0.5, 0.6) is 0 Å². The maximum Gasteiger partial charge on any atom is 0.244 e. The first-order valence-electron chi connectivity index (χ1n) is 8.04. The van der Waals surface area contributed by atoms with Gasteiger partial charge in [0, 0.05) is 45.0 Å². The molecule has 0 bridgehead atoms. The summed E-state index contributed by atoms with van der Waals surface area (Å²) < 4.78 is 1.71. The highest BCUT2D eigenvalue weighted by atomic mass is 35.5. The van der Waals surface area contributed by atoms with Crippen LogP contribution in [0.15, 0.2) is 36.7 Å². The van der Waals surface area contributed by atoms with Crippen LogP contribution in [0.3, 0.4) is 0 Å². The molecule has 0 saturated carbocycles. The molecule has 1 saturated heterocycles. The van der Waals surface area contributed by atoms with E-state index in [9.17, 15) is 4.79 Å². The average molecular weight is 348 g/mol. The molecule has 24 heavy (non-hydrogen) atoms. The Morgan fingerprint density at radius 3 is 2.54 bits per heavy atom. The van der Waals surface area contributed by atoms with E-state index in [0.717, 1.165) is 29.4 Å². The van der Waals surface area contributed by atoms with Gasteiger partial charge < -0.3 is 15.1 Å². The van der Waals surface area contributed by atoms with E-state index >= 15 is 0 Å². The molecule has 0 aliphatic carbocycles. The van der Waals surface area contributed by atoms with Crippen LogP contribution in [0.1, 0.15) is 11.6 Å². The number of halogens is 1. The van der Waals surface area contributed by atoms with Crippen molar-refractivity contribution in [1.29, 1.82) is 0 Å². The monoisotopic (exact) mass is 347 g/mol. The van der Waals surface area contributed by atoms with Crippen molar-refractivity contribution < 1.29 is 4.79 Å². The molecule has 1 N–H and O–H groups in total. The van der Waals surface area contributed by atoms with Crippen LogP contribution < -0.4 is 10.2 Å². The highest BCUT2D eigenvalue weighted by Gasteiger charge is 2.28. The molecular formula is C17H22ClN5O. The van der Waals surface area contributed by atoms with Crippen LogP contribution in [0.2, 0.25) is 5.02 Å². The number of anilines is 1. The normalized spacial score (nSPS) is 16.3. The molecule has 0 radical (unpaired) electrons. The van der Waals surface area contributed by atoms with Gasteiger partial charge >= 0.3 is 0 Å². The summed E-state index contributed by atoms with van der Waals surface area (Å²) >= 11 is 6.27. The molecule has 1 aromatic carbocycles. The second-order valence-electron chi connectivity index (χ2n) is 5.93. The number of amides is 1. The van der Waals surface area contributed by atoms with E-state index in [4.69, 9.17) is 11.6 Å². The highest BCUT2D eigenvalue weighted by Crippen LogP contribution is 2.26. The first-order valence-corrected chi connectivity index (χ1v) is 8.42. The van der Waals surface area contributed by atoms with Crippen molar-refractivity contribution >= 4 is 23.2 Å². The fourth-order valence-electron chi connectivity index (χ4n) is 3.08. The SMILES string of the molecule is CNC(C(=O)N1CCN(c2ccccc2Cl)CC1)c1cnn(C)c1. The Hall–Kier alpha value is -2.05. The number of likely N-dealkylation sites (N-methyl/N-ethyl adjacent to an activating group) is 1. The summed E-state index contributed by atoms with van der Waals surface area (Å²) in [5, 5.41) is 8.01. The molecule has 0 spiro atoms. The number of benzene rings is 1. The predicted octanol–water partition coefficient (Wildman–Crippen LogP) is 1.68. The zero-order valence-electron chi connectivity index (χ0n) is 13.9. The number of carbonyl (C=O) groups is 1. The summed E-state index contributed by atoms with van der Waals surface area (Å²) in [5.41, 5.74) is 1.92. The zero-order valence-corrected chi connectivity index (χ0v) is 14.7. The Morgan fingerprint density at radius 1 is 1.25 bits per heavy atom. The summed E-state index contributed by atoms with van der Waals surface area (Å²) in [6.45, 7) is 2.92. The van der Waals surface area contributed by atoms with Gasteiger partial charge in [0.05, 0.1) is 16.9 Å². The quantitative estimate of drug-likeness (QED) is 0.914. The minimum Gasteiger partial charge on any atom is -0.367 e. The summed E-state index contributed by atoms with van der Waals surface area (Å²) in [5.74, 6) is 0.0873. The Bertz CT molecular complexity index is 709. The van der Waals surface area contributed by atoms with Gasteiger partial charge in [-0.05, 0) is 19.2 Å². The molecule has 2 aromatic rings. The molecule has 1 fully saturated rings. The Labute approximate surface area is 147 Å². The van der Waals surface area contributed by atoms with Crippen molar-refractivity contribution in [1.82, 2.24) is 20.0 Å². The second kappa shape index (κ2) is 7.23. The minimum atomic E-state index is -0.356. The van der Waals surface area contributed by atoms with E-state index in [0.29, 0.717) is 13.1 Å². The number of carbonyl (C=O) groups excluding carboxylic acids is 1. The molecule has 1 atom stereocenters. The van der Waals surface area contributed by atoms with Gasteiger partial charge in [0.15, 0.2) is 0 Å². The fraction of sp³-hybridized carbons (Fsp3) is 0.412. The van der Waals surface area contributed by atoms with Crippen LogP contribution in [-0.4, -0.2) is 53.8 Å². The van der Waals surface area contributed by atoms with E-state index in [1.165, 1.54) is 0 Å². The van der Waals surface area contributed by atoms with E-state index < -0.39 is 0 Å². The highest BCUT2D eigenvalue weighted by molar-refractivity contribution is 6.33. The molecule has 6 nitrogen and oxygen atoms in total. The average Bonchev–Trinajstić information content (AvgIpc) is 3.02. The molecule has 1 aromatic heterocycles. The van der Waals surface area contributed by atoms with Crippen molar-refractivity contribution in [3.8, 4) is 0 Å². The third-order valence-corrected chi connectivity index (χ3v) is 4.70. The number of nitrogens with zero attached hydrogens (tertiary/aromatic N) is 4. The molecule has 1 unspecified atom stereocenters. The molecule has 1 aliphatic heterocycles. The molecule has 128 valence electrons. The van der Waals surface area contributed by atoms with E-state index in [2.05, 4.69) is 15.3 Å². The number of hydrogen-bond donors (Lipinski definition) is 1. The number of nitrogens with one attached hydrogen (secondary N) is 1. The maximum atomic E-state index is 12.8. The smallest absolute Gasteiger partial charge is 0.244 e. The number of aryl methyl sites for hydroxylation is 1. The summed E-state index contributed by atoms with van der Waals surface area (Å²) in [6, 6.07) is 7.47. The first kappa shape index (κ1) is 16.8. The van der Waals surface area contributed by atoms with Crippen LogP contribution in [0, 0.1) is 0 Å². The molecule has 1 aliphatic rings. The first-order chi connectivity index (χ1) is 11.6. The third kappa shape index (κ3) is 3.39. The van der Waals surface area contributed by atoms with Crippen molar-refractivity contribution in [2.45, 2.75) is 6.04 Å². The Morgan fingerprint density at radius 2 is 1.96 bits per heavy atom. The van der Waals surface area contributed by atoms with Crippen LogP contribution in [0.4, 0.5) is 5.69 Å². The van der Waals surface area contributed by atoms with Gasteiger partial charge in [0.25, 0.3) is 0 Å². The van der Waals surface area contributed by atoms with E-state index in [1.54, 1.807) is 17.9 Å². The van der Waals surface area contributed by atoms with Gasteiger partial charge in [-0.2, -0.15) is 5.10 Å². The fourth-order valence-corrected chi connectivity index (χ4v) is 3.34. The standard InChI is InChI=1S/C17H22ClN5O/c1-19-16(13-11-20-21(2)12-13)17(24)23-9-7-22(8-10-23)15-6-4-3-5-14(15)18/h3-6,11-12,16,19H,7-10H2,1-2H3. The lowest BCUT2D eigenvalue weighted by molar-refractivity contribution is -0.133. The molecule has 1 amide bonds. The topological polar surface area (TPSA) is 53.4 Å². The van der Waals surface area contributed by atoms with Crippen LogP contribution >= 0.6 is 11.6 Å². The molecular weight excluding hydrogens is 326 g/mol. The van der Waals surface area contributed by atoms with E-state index in [-0.39, 0.29) is 11.9 Å². The molecule has 3 rings (SSSR count). The van der Waals surface area contributed by atoms with Gasteiger partial charge in [-0.25, -0.2) is 0 Å². The number of aromatic nitrogens is 2. The van der Waals surface area contributed by atoms with Gasteiger partial charge in [-0.15, -0.1) is 0 Å². The lowest BCUT2D eigenvalue weighted by Crippen LogP contribution is -2.51. The van der Waals surface area contributed by atoms with E-state index in [1.807, 2.05) is 42.4 Å². The molecule has 7 heteroatoms. The van der Waals surface area contributed by atoms with Crippen LogP contribution in [-0.2, 0) is 11.8 Å². The zero-order chi connectivity index (χ0) is 17.1.